The molecule has 0 radical (unpaired) electrons. The molecule has 3 aromatic rings. The highest BCUT2D eigenvalue weighted by molar-refractivity contribution is 6.32. The summed E-state index contributed by atoms with van der Waals surface area (Å²) in [5, 5.41) is 8.21. The molecule has 8 heteroatoms. The molecule has 1 aliphatic heterocycles. The van der Waals surface area contributed by atoms with E-state index in [1.165, 1.54) is 0 Å². The van der Waals surface area contributed by atoms with Gasteiger partial charge >= 0.3 is 0 Å². The molecule has 1 aliphatic rings. The molecule has 7 nitrogen and oxygen atoms in total. The predicted molar refractivity (Wildman–Crippen MR) is 106 cm³/mol. The number of aryl methyl sites for hydroxylation is 2. The standard InChI is InChI=1S/C20H22ClN5O2/c1-4-16-18(22-11-25(16)3)20(27)24-15-9-28-10-17-13(15)8-23-26(17)19-12(2)6-5-7-14(19)21/h5-8,11,15H,4,9-10H2,1-3H3,(H,24,27)/t15-/m1/s1. The van der Waals surface area contributed by atoms with Gasteiger partial charge in [0.05, 0.1) is 48.2 Å². The van der Waals surface area contributed by atoms with Gasteiger partial charge in [-0.15, -0.1) is 0 Å². The fourth-order valence-electron chi connectivity index (χ4n) is 3.68. The number of hydrogen-bond donors (Lipinski definition) is 1. The van der Waals surface area contributed by atoms with Gasteiger partial charge in [0.25, 0.3) is 5.91 Å². The van der Waals surface area contributed by atoms with Crippen LogP contribution in [-0.4, -0.2) is 31.8 Å². The van der Waals surface area contributed by atoms with Gasteiger partial charge in [-0.3, -0.25) is 4.79 Å². The summed E-state index contributed by atoms with van der Waals surface area (Å²) in [5.74, 6) is -0.208. The van der Waals surface area contributed by atoms with Crippen LogP contribution >= 0.6 is 11.6 Å². The molecule has 3 heterocycles. The van der Waals surface area contributed by atoms with Crippen LogP contribution in [0.2, 0.25) is 5.02 Å². The smallest absolute Gasteiger partial charge is 0.272 e. The van der Waals surface area contributed by atoms with Crippen LogP contribution in [0.3, 0.4) is 0 Å². The maximum absolute atomic E-state index is 12.8. The minimum atomic E-state index is -0.292. The molecule has 4 rings (SSSR count). The first kappa shape index (κ1) is 18.7. The molecule has 2 aromatic heterocycles. The SMILES string of the molecule is CCc1c(C(=O)N[C@@H]2COCc3c2cnn3-c2c(C)cccc2Cl)ncn1C. The number of nitrogens with zero attached hydrogens (tertiary/aromatic N) is 4. The number of amides is 1. The normalized spacial score (nSPS) is 16.1. The van der Waals surface area contributed by atoms with Crippen LogP contribution in [0.1, 0.15) is 46.0 Å². The lowest BCUT2D eigenvalue weighted by Gasteiger charge is -2.25. The molecule has 0 fully saturated rings. The summed E-state index contributed by atoms with van der Waals surface area (Å²) in [5.41, 5.74) is 5.03. The zero-order chi connectivity index (χ0) is 19.8. The molecule has 0 bridgehead atoms. The Labute approximate surface area is 168 Å². The van der Waals surface area contributed by atoms with Crippen molar-refractivity contribution in [1.29, 1.82) is 0 Å². The maximum atomic E-state index is 12.8. The summed E-state index contributed by atoms with van der Waals surface area (Å²) in [4.78, 5) is 17.1. The molecular formula is C20H22ClN5O2. The molecule has 0 aliphatic carbocycles. The summed E-state index contributed by atoms with van der Waals surface area (Å²) in [6.45, 7) is 4.80. The number of carbonyl (C=O) groups is 1. The van der Waals surface area contributed by atoms with Gasteiger partial charge in [0, 0.05) is 18.3 Å². The number of fused-ring (bicyclic) bond motifs is 1. The topological polar surface area (TPSA) is 74.0 Å². The fourth-order valence-corrected chi connectivity index (χ4v) is 3.98. The van der Waals surface area contributed by atoms with Gasteiger partial charge in [0.2, 0.25) is 0 Å². The van der Waals surface area contributed by atoms with Crippen molar-refractivity contribution in [3.8, 4) is 5.69 Å². The van der Waals surface area contributed by atoms with E-state index in [-0.39, 0.29) is 11.9 Å². The highest BCUT2D eigenvalue weighted by Gasteiger charge is 2.29. The van der Waals surface area contributed by atoms with Crippen molar-refractivity contribution in [2.75, 3.05) is 6.61 Å². The van der Waals surface area contributed by atoms with Crippen LogP contribution in [0.5, 0.6) is 0 Å². The Balaban J connectivity index is 1.65. The summed E-state index contributed by atoms with van der Waals surface area (Å²) in [6.07, 6.45) is 4.18. The van der Waals surface area contributed by atoms with Gasteiger partial charge < -0.3 is 14.6 Å². The lowest BCUT2D eigenvalue weighted by molar-refractivity contribution is 0.0684. The second kappa shape index (κ2) is 7.41. The average Bonchev–Trinajstić information content (AvgIpc) is 3.26. The van der Waals surface area contributed by atoms with Crippen LogP contribution in [0.25, 0.3) is 5.69 Å². The summed E-state index contributed by atoms with van der Waals surface area (Å²) >= 11 is 6.42. The highest BCUT2D eigenvalue weighted by Crippen LogP contribution is 2.31. The number of imidazole rings is 1. The van der Waals surface area contributed by atoms with E-state index in [4.69, 9.17) is 16.3 Å². The predicted octanol–water partition coefficient (Wildman–Crippen LogP) is 3.13. The van der Waals surface area contributed by atoms with Crippen molar-refractivity contribution in [1.82, 2.24) is 24.6 Å². The molecule has 0 spiro atoms. The number of hydrogen-bond acceptors (Lipinski definition) is 4. The van der Waals surface area contributed by atoms with Gasteiger partial charge in [-0.1, -0.05) is 30.7 Å². The van der Waals surface area contributed by atoms with Crippen molar-refractivity contribution < 1.29 is 9.53 Å². The minimum Gasteiger partial charge on any atom is -0.373 e. The Kier molecular flexibility index (Phi) is 4.95. The highest BCUT2D eigenvalue weighted by atomic mass is 35.5. The average molecular weight is 400 g/mol. The van der Waals surface area contributed by atoms with Gasteiger partial charge in [0.15, 0.2) is 0 Å². The number of carbonyl (C=O) groups excluding carboxylic acids is 1. The molecule has 1 amide bonds. The van der Waals surface area contributed by atoms with Crippen LogP contribution in [0.4, 0.5) is 0 Å². The lowest BCUT2D eigenvalue weighted by atomic mass is 10.1. The van der Waals surface area contributed by atoms with E-state index in [1.807, 2.05) is 48.3 Å². The number of para-hydroxylation sites is 1. The molecule has 1 atom stereocenters. The third-order valence-corrected chi connectivity index (χ3v) is 5.42. The van der Waals surface area contributed by atoms with E-state index in [9.17, 15) is 4.79 Å². The number of ether oxygens (including phenoxy) is 1. The van der Waals surface area contributed by atoms with E-state index in [2.05, 4.69) is 15.4 Å². The molecular weight excluding hydrogens is 378 g/mol. The van der Waals surface area contributed by atoms with Gasteiger partial charge in [0.1, 0.15) is 5.69 Å². The summed E-state index contributed by atoms with van der Waals surface area (Å²) in [6, 6.07) is 5.45. The van der Waals surface area contributed by atoms with Crippen LogP contribution in [-0.2, 0) is 24.8 Å². The monoisotopic (exact) mass is 399 g/mol. The molecule has 1 N–H and O–H groups in total. The minimum absolute atomic E-state index is 0.208. The van der Waals surface area contributed by atoms with Crippen molar-refractivity contribution >= 4 is 17.5 Å². The zero-order valence-electron chi connectivity index (χ0n) is 16.1. The fraction of sp³-hybridized carbons (Fsp3) is 0.350. The summed E-state index contributed by atoms with van der Waals surface area (Å²) in [7, 11) is 1.89. The van der Waals surface area contributed by atoms with Crippen molar-refractivity contribution in [2.45, 2.75) is 32.9 Å². The first-order valence-corrected chi connectivity index (χ1v) is 9.60. The van der Waals surface area contributed by atoms with Crippen molar-refractivity contribution in [3.63, 3.8) is 0 Å². The third kappa shape index (κ3) is 3.10. The van der Waals surface area contributed by atoms with Crippen LogP contribution in [0, 0.1) is 6.92 Å². The van der Waals surface area contributed by atoms with Gasteiger partial charge in [-0.05, 0) is 25.0 Å². The molecule has 28 heavy (non-hydrogen) atoms. The van der Waals surface area contributed by atoms with Crippen LogP contribution in [0.15, 0.2) is 30.7 Å². The Morgan fingerprint density at radius 2 is 2.25 bits per heavy atom. The number of aromatic nitrogens is 4. The second-order valence-electron chi connectivity index (χ2n) is 6.91. The molecule has 0 unspecified atom stereocenters. The van der Waals surface area contributed by atoms with Crippen molar-refractivity contribution in [2.24, 2.45) is 7.05 Å². The van der Waals surface area contributed by atoms with Crippen LogP contribution < -0.4 is 5.32 Å². The van der Waals surface area contributed by atoms with Gasteiger partial charge in [-0.25, -0.2) is 9.67 Å². The van der Waals surface area contributed by atoms with E-state index >= 15 is 0 Å². The van der Waals surface area contributed by atoms with Crippen molar-refractivity contribution in [3.05, 3.63) is 64.0 Å². The summed E-state index contributed by atoms with van der Waals surface area (Å²) < 4.78 is 9.44. The Morgan fingerprint density at radius 3 is 3.00 bits per heavy atom. The quantitative estimate of drug-likeness (QED) is 0.731. The van der Waals surface area contributed by atoms with E-state index in [0.29, 0.717) is 23.9 Å². The number of halogens is 1. The van der Waals surface area contributed by atoms with E-state index in [1.54, 1.807) is 12.5 Å². The zero-order valence-corrected chi connectivity index (χ0v) is 16.8. The second-order valence-corrected chi connectivity index (χ2v) is 7.32. The molecule has 146 valence electrons. The molecule has 1 aromatic carbocycles. The number of rotatable bonds is 4. The maximum Gasteiger partial charge on any atom is 0.272 e. The number of benzene rings is 1. The lowest BCUT2D eigenvalue weighted by Crippen LogP contribution is -2.35. The first-order chi connectivity index (χ1) is 13.5. The first-order valence-electron chi connectivity index (χ1n) is 9.22. The Bertz CT molecular complexity index is 1020. The molecule has 0 saturated heterocycles. The Morgan fingerprint density at radius 1 is 1.43 bits per heavy atom. The number of nitrogens with one attached hydrogen (secondary N) is 1. The van der Waals surface area contributed by atoms with Gasteiger partial charge in [-0.2, -0.15) is 5.10 Å². The van der Waals surface area contributed by atoms with E-state index in [0.717, 1.165) is 34.6 Å². The molecule has 0 saturated carbocycles. The Hall–Kier alpha value is -2.64. The van der Waals surface area contributed by atoms with E-state index < -0.39 is 0 Å². The third-order valence-electron chi connectivity index (χ3n) is 5.11. The largest absolute Gasteiger partial charge is 0.373 e.